The summed E-state index contributed by atoms with van der Waals surface area (Å²) in [4.78, 5) is 12.6. The van der Waals surface area contributed by atoms with E-state index in [1.54, 1.807) is 30.3 Å². The molecule has 8 heteroatoms. The van der Waals surface area contributed by atoms with Gasteiger partial charge in [-0.3, -0.25) is 4.79 Å². The number of ether oxygens (including phenoxy) is 2. The highest BCUT2D eigenvalue weighted by molar-refractivity contribution is 6.40. The molecule has 0 aromatic heterocycles. The Morgan fingerprint density at radius 1 is 1.06 bits per heavy atom. The number of hydrogen-bond acceptors (Lipinski definition) is 4. The molecule has 1 amide bonds. The molecule has 0 spiro atoms. The van der Waals surface area contributed by atoms with Gasteiger partial charge in [0.2, 0.25) is 0 Å². The van der Waals surface area contributed by atoms with Gasteiger partial charge in [-0.25, -0.2) is 0 Å². The van der Waals surface area contributed by atoms with Crippen molar-refractivity contribution in [2.24, 2.45) is 0 Å². The largest absolute Gasteiger partial charge is 0.493 e. The van der Waals surface area contributed by atoms with Crippen LogP contribution in [0.15, 0.2) is 60.2 Å². The lowest BCUT2D eigenvalue weighted by Gasteiger charge is -2.14. The van der Waals surface area contributed by atoms with Crippen LogP contribution in [0, 0.1) is 18.3 Å². The summed E-state index contributed by atoms with van der Waals surface area (Å²) in [6.07, 6.45) is 1.39. The molecule has 0 saturated heterocycles. The van der Waals surface area contributed by atoms with Gasteiger partial charge in [-0.15, -0.1) is 0 Å². The topological polar surface area (TPSA) is 71.3 Å². The van der Waals surface area contributed by atoms with Crippen molar-refractivity contribution in [2.75, 3.05) is 12.4 Å². The second kappa shape index (κ2) is 11.1. The number of benzene rings is 3. The number of aryl methyl sites for hydroxylation is 1. The van der Waals surface area contributed by atoms with Gasteiger partial charge in [0, 0.05) is 0 Å². The Morgan fingerprint density at radius 3 is 2.33 bits per heavy atom. The first-order valence-electron chi connectivity index (χ1n) is 9.75. The Hall–Kier alpha value is -3.17. The fourth-order valence-corrected chi connectivity index (χ4v) is 3.68. The van der Waals surface area contributed by atoms with E-state index in [0.717, 1.165) is 11.1 Å². The summed E-state index contributed by atoms with van der Waals surface area (Å²) < 4.78 is 11.3. The van der Waals surface area contributed by atoms with Crippen molar-refractivity contribution in [3.63, 3.8) is 0 Å². The Bertz CT molecular complexity index is 1230. The van der Waals surface area contributed by atoms with Gasteiger partial charge in [-0.05, 0) is 48.4 Å². The highest BCUT2D eigenvalue weighted by Crippen LogP contribution is 2.38. The van der Waals surface area contributed by atoms with Crippen molar-refractivity contribution in [1.82, 2.24) is 0 Å². The third kappa shape index (κ3) is 6.21. The second-order valence-corrected chi connectivity index (χ2v) is 8.25. The van der Waals surface area contributed by atoms with E-state index in [1.807, 2.05) is 37.3 Å². The second-order valence-electron chi connectivity index (χ2n) is 7.03. The number of carbonyl (C=O) groups is 1. The molecule has 168 valence electrons. The number of para-hydroxylation sites is 1. The molecule has 3 aromatic carbocycles. The Balaban J connectivity index is 1.84. The zero-order chi connectivity index (χ0) is 24.0. The van der Waals surface area contributed by atoms with E-state index in [2.05, 4.69) is 5.32 Å². The number of hydrogen-bond donors (Lipinski definition) is 1. The van der Waals surface area contributed by atoms with Crippen LogP contribution in [0.5, 0.6) is 11.5 Å². The van der Waals surface area contributed by atoms with Crippen LogP contribution < -0.4 is 14.8 Å². The van der Waals surface area contributed by atoms with Gasteiger partial charge in [0.05, 0.1) is 27.9 Å². The highest BCUT2D eigenvalue weighted by Gasteiger charge is 2.16. The fourth-order valence-electron chi connectivity index (χ4n) is 2.92. The van der Waals surface area contributed by atoms with E-state index in [-0.39, 0.29) is 26.3 Å². The first-order valence-corrected chi connectivity index (χ1v) is 10.9. The van der Waals surface area contributed by atoms with E-state index in [1.165, 1.54) is 13.2 Å². The lowest BCUT2D eigenvalue weighted by molar-refractivity contribution is -0.112. The molecule has 0 unspecified atom stereocenters. The van der Waals surface area contributed by atoms with E-state index in [0.29, 0.717) is 23.7 Å². The highest BCUT2D eigenvalue weighted by atomic mass is 35.5. The molecule has 0 bridgehead atoms. The predicted octanol–water partition coefficient (Wildman–Crippen LogP) is 7.09. The Kier molecular flexibility index (Phi) is 8.24. The molecule has 0 aliphatic carbocycles. The molecule has 0 aliphatic heterocycles. The maximum absolute atomic E-state index is 12.6. The Labute approximate surface area is 207 Å². The molecule has 3 rings (SSSR count). The van der Waals surface area contributed by atoms with Crippen LogP contribution in [0.1, 0.15) is 16.7 Å². The van der Waals surface area contributed by atoms with E-state index >= 15 is 0 Å². The van der Waals surface area contributed by atoms with Crippen molar-refractivity contribution in [1.29, 1.82) is 5.26 Å². The van der Waals surface area contributed by atoms with Gasteiger partial charge in [0.25, 0.3) is 5.91 Å². The van der Waals surface area contributed by atoms with E-state index in [4.69, 9.17) is 44.3 Å². The number of nitriles is 1. The van der Waals surface area contributed by atoms with Crippen molar-refractivity contribution >= 4 is 52.5 Å². The SMILES string of the molecule is COc1cc(/C=C(\C#N)C(=O)Nc2c(Cl)cccc2Cl)cc(Cl)c1OCc1ccc(C)cc1. The van der Waals surface area contributed by atoms with E-state index in [9.17, 15) is 10.1 Å². The van der Waals surface area contributed by atoms with Crippen LogP contribution >= 0.6 is 34.8 Å². The summed E-state index contributed by atoms with van der Waals surface area (Å²) in [5.74, 6) is 0.0673. The Morgan fingerprint density at radius 2 is 1.73 bits per heavy atom. The van der Waals surface area contributed by atoms with Gasteiger partial charge in [0.15, 0.2) is 11.5 Å². The van der Waals surface area contributed by atoms with Gasteiger partial charge in [-0.1, -0.05) is 70.7 Å². The molecule has 0 fully saturated rings. The van der Waals surface area contributed by atoms with Crippen LogP contribution in [0.2, 0.25) is 15.1 Å². The number of rotatable bonds is 7. The molecular formula is C25H19Cl3N2O3. The monoisotopic (exact) mass is 500 g/mol. The zero-order valence-corrected chi connectivity index (χ0v) is 20.1. The third-order valence-corrected chi connectivity index (χ3v) is 5.54. The molecular weight excluding hydrogens is 483 g/mol. The minimum absolute atomic E-state index is 0.169. The minimum Gasteiger partial charge on any atom is -0.493 e. The van der Waals surface area contributed by atoms with Crippen LogP contribution in [0.4, 0.5) is 5.69 Å². The summed E-state index contributed by atoms with van der Waals surface area (Å²) in [6, 6.07) is 17.8. The third-order valence-electron chi connectivity index (χ3n) is 4.63. The van der Waals surface area contributed by atoms with Crippen molar-refractivity contribution in [3.05, 3.63) is 91.9 Å². The molecule has 1 N–H and O–H groups in total. The van der Waals surface area contributed by atoms with Crippen LogP contribution in [0.25, 0.3) is 6.08 Å². The standard InChI is InChI=1S/C25H19Cl3N2O3/c1-15-6-8-16(9-7-15)14-33-24-21(28)11-17(12-22(24)32-2)10-18(13-29)25(31)30-23-19(26)4-3-5-20(23)27/h3-12H,14H2,1-2H3,(H,30,31)/b18-10+. The average molecular weight is 502 g/mol. The number of nitrogens with zero attached hydrogens (tertiary/aromatic N) is 1. The van der Waals surface area contributed by atoms with Crippen molar-refractivity contribution < 1.29 is 14.3 Å². The normalized spacial score (nSPS) is 11.0. The summed E-state index contributed by atoms with van der Waals surface area (Å²) in [7, 11) is 1.48. The summed E-state index contributed by atoms with van der Waals surface area (Å²) in [5.41, 5.74) is 2.67. The lowest BCUT2D eigenvalue weighted by atomic mass is 10.1. The fraction of sp³-hybridized carbons (Fsp3) is 0.120. The molecule has 0 radical (unpaired) electrons. The summed E-state index contributed by atoms with van der Waals surface area (Å²) in [5, 5.41) is 12.9. The van der Waals surface area contributed by atoms with Crippen molar-refractivity contribution in [3.8, 4) is 17.6 Å². The van der Waals surface area contributed by atoms with Gasteiger partial charge in [-0.2, -0.15) is 5.26 Å². The molecule has 33 heavy (non-hydrogen) atoms. The average Bonchev–Trinajstić information content (AvgIpc) is 2.79. The number of anilines is 1. The first kappa shape index (κ1) is 24.5. The first-order chi connectivity index (χ1) is 15.8. The van der Waals surface area contributed by atoms with Gasteiger partial charge in [0.1, 0.15) is 18.2 Å². The summed E-state index contributed by atoms with van der Waals surface area (Å²) >= 11 is 18.6. The van der Waals surface area contributed by atoms with Crippen LogP contribution in [0.3, 0.4) is 0 Å². The van der Waals surface area contributed by atoms with Crippen LogP contribution in [-0.4, -0.2) is 13.0 Å². The van der Waals surface area contributed by atoms with Gasteiger partial charge < -0.3 is 14.8 Å². The maximum Gasteiger partial charge on any atom is 0.266 e. The molecule has 3 aromatic rings. The van der Waals surface area contributed by atoms with Crippen molar-refractivity contribution in [2.45, 2.75) is 13.5 Å². The number of amides is 1. The van der Waals surface area contributed by atoms with E-state index < -0.39 is 5.91 Å². The lowest BCUT2D eigenvalue weighted by Crippen LogP contribution is -2.14. The number of methoxy groups -OCH3 is 1. The molecule has 0 heterocycles. The minimum atomic E-state index is -0.665. The maximum atomic E-state index is 12.6. The zero-order valence-electron chi connectivity index (χ0n) is 17.8. The van der Waals surface area contributed by atoms with Gasteiger partial charge >= 0.3 is 0 Å². The number of halogens is 3. The molecule has 5 nitrogen and oxygen atoms in total. The quantitative estimate of drug-likeness (QED) is 0.277. The number of carbonyl (C=O) groups excluding carboxylic acids is 1. The molecule has 0 saturated carbocycles. The predicted molar refractivity (Wildman–Crippen MR) is 132 cm³/mol. The molecule has 0 aliphatic rings. The van der Waals surface area contributed by atoms with Crippen LogP contribution in [-0.2, 0) is 11.4 Å². The molecule has 0 atom stereocenters. The number of nitrogens with one attached hydrogen (secondary N) is 1. The smallest absolute Gasteiger partial charge is 0.266 e. The summed E-state index contributed by atoms with van der Waals surface area (Å²) in [6.45, 7) is 2.31.